The third kappa shape index (κ3) is 4.97. The highest BCUT2D eigenvalue weighted by molar-refractivity contribution is 6.10. The minimum atomic E-state index is -0.930. The molecular weight excluding hydrogens is 446 g/mol. The number of methoxy groups -OCH3 is 2. The maximum Gasteiger partial charge on any atom is 0.325 e. The highest BCUT2D eigenvalue weighted by atomic mass is 16.5. The minimum absolute atomic E-state index is 0.0696. The van der Waals surface area contributed by atoms with Gasteiger partial charge in [0.25, 0.3) is 5.91 Å². The minimum Gasteiger partial charge on any atom is -0.497 e. The van der Waals surface area contributed by atoms with Gasteiger partial charge in [-0.1, -0.05) is 32.9 Å². The van der Waals surface area contributed by atoms with Crippen LogP contribution in [0.25, 0.3) is 11.1 Å². The van der Waals surface area contributed by atoms with E-state index in [-0.39, 0.29) is 17.9 Å². The average Bonchev–Trinajstić information content (AvgIpc) is 3.00. The monoisotopic (exact) mass is 479 g/mol. The summed E-state index contributed by atoms with van der Waals surface area (Å²) in [6.07, 6.45) is 2.14. The topological polar surface area (TPSA) is 97.0 Å². The fraction of sp³-hybridized carbons (Fsp3) is 0.444. The van der Waals surface area contributed by atoms with Crippen molar-refractivity contribution >= 4 is 23.5 Å². The predicted octanol–water partition coefficient (Wildman–Crippen LogP) is 4.45. The number of anilines is 1. The standard InChI is InChI=1S/C27H33N3O5/c1-17-13-26(2,3)16-27(14-17)24(32)30(25(33)29-27)15-23(31)28-19-8-11-22(35-5)21(12-19)18-6-9-20(34-4)10-7-18/h6-12,17H,13-16H2,1-5H3,(H,28,31)(H,29,33)/t17-,27+/m1/s1. The van der Waals surface area contributed by atoms with Crippen LogP contribution in [0.3, 0.4) is 0 Å². The van der Waals surface area contributed by atoms with E-state index in [1.807, 2.05) is 24.3 Å². The number of rotatable bonds is 6. The summed E-state index contributed by atoms with van der Waals surface area (Å²) in [4.78, 5) is 40.0. The van der Waals surface area contributed by atoms with E-state index in [4.69, 9.17) is 9.47 Å². The molecule has 0 unspecified atom stereocenters. The molecule has 2 atom stereocenters. The van der Waals surface area contributed by atoms with Crippen molar-refractivity contribution in [1.82, 2.24) is 10.2 Å². The summed E-state index contributed by atoms with van der Waals surface area (Å²) in [7, 11) is 3.19. The quantitative estimate of drug-likeness (QED) is 0.597. The van der Waals surface area contributed by atoms with Gasteiger partial charge in [-0.05, 0) is 66.5 Å². The number of hydrogen-bond donors (Lipinski definition) is 2. The van der Waals surface area contributed by atoms with Crippen LogP contribution in [0.5, 0.6) is 11.5 Å². The number of carbonyl (C=O) groups is 3. The Labute approximate surface area is 206 Å². The van der Waals surface area contributed by atoms with Crippen molar-refractivity contribution in [1.29, 1.82) is 0 Å². The van der Waals surface area contributed by atoms with Crippen molar-refractivity contribution in [3.8, 4) is 22.6 Å². The van der Waals surface area contributed by atoms with Gasteiger partial charge in [-0.15, -0.1) is 0 Å². The van der Waals surface area contributed by atoms with E-state index in [2.05, 4.69) is 31.4 Å². The summed E-state index contributed by atoms with van der Waals surface area (Å²) in [5.41, 5.74) is 1.22. The first-order valence-corrected chi connectivity index (χ1v) is 11.8. The smallest absolute Gasteiger partial charge is 0.325 e. The SMILES string of the molecule is COc1ccc(-c2cc(NC(=O)CN3C(=O)N[C@]4(C[C@H](C)CC(C)(C)C4)C3=O)ccc2OC)cc1. The zero-order chi connectivity index (χ0) is 25.4. The van der Waals surface area contributed by atoms with Crippen molar-refractivity contribution in [3.05, 3.63) is 42.5 Å². The Morgan fingerprint density at radius 1 is 1.09 bits per heavy atom. The van der Waals surface area contributed by atoms with Crippen molar-refractivity contribution in [2.45, 2.75) is 45.6 Å². The third-order valence-electron chi connectivity index (χ3n) is 6.81. The van der Waals surface area contributed by atoms with E-state index in [1.165, 1.54) is 0 Å². The van der Waals surface area contributed by atoms with Gasteiger partial charge >= 0.3 is 6.03 Å². The highest BCUT2D eigenvalue weighted by Crippen LogP contribution is 2.46. The lowest BCUT2D eigenvalue weighted by atomic mass is 9.64. The predicted molar refractivity (Wildman–Crippen MR) is 133 cm³/mol. The van der Waals surface area contributed by atoms with Crippen molar-refractivity contribution in [2.24, 2.45) is 11.3 Å². The van der Waals surface area contributed by atoms with Crippen molar-refractivity contribution < 1.29 is 23.9 Å². The third-order valence-corrected chi connectivity index (χ3v) is 6.81. The largest absolute Gasteiger partial charge is 0.497 e. The van der Waals surface area contributed by atoms with E-state index in [0.717, 1.165) is 28.2 Å². The number of ether oxygens (including phenoxy) is 2. The molecule has 2 aliphatic rings. The van der Waals surface area contributed by atoms with E-state index >= 15 is 0 Å². The van der Waals surface area contributed by atoms with Crippen LogP contribution < -0.4 is 20.1 Å². The Morgan fingerprint density at radius 3 is 2.43 bits per heavy atom. The maximum atomic E-state index is 13.3. The molecule has 2 aromatic carbocycles. The molecule has 8 nitrogen and oxygen atoms in total. The van der Waals surface area contributed by atoms with Gasteiger partial charge in [0, 0.05) is 11.3 Å². The van der Waals surface area contributed by atoms with Crippen LogP contribution in [-0.2, 0) is 9.59 Å². The number of hydrogen-bond acceptors (Lipinski definition) is 5. The number of urea groups is 1. The normalized spacial score (nSPS) is 23.2. The fourth-order valence-electron chi connectivity index (χ4n) is 5.78. The number of nitrogens with zero attached hydrogens (tertiary/aromatic N) is 1. The van der Waals surface area contributed by atoms with Crippen LogP contribution in [0.4, 0.5) is 10.5 Å². The van der Waals surface area contributed by atoms with E-state index in [1.54, 1.807) is 32.4 Å². The summed E-state index contributed by atoms with van der Waals surface area (Å²) in [6, 6.07) is 12.3. The van der Waals surface area contributed by atoms with Crippen LogP contribution in [0.2, 0.25) is 0 Å². The molecular formula is C27H33N3O5. The van der Waals surface area contributed by atoms with Crippen LogP contribution in [-0.4, -0.2) is 49.0 Å². The summed E-state index contributed by atoms with van der Waals surface area (Å²) in [6.45, 7) is 5.99. The molecule has 1 aliphatic heterocycles. The maximum absolute atomic E-state index is 13.3. The zero-order valence-electron chi connectivity index (χ0n) is 20.9. The first-order valence-electron chi connectivity index (χ1n) is 11.8. The number of imide groups is 1. The molecule has 35 heavy (non-hydrogen) atoms. The Morgan fingerprint density at radius 2 is 1.80 bits per heavy atom. The van der Waals surface area contributed by atoms with Crippen LogP contribution in [0, 0.1) is 11.3 Å². The second kappa shape index (κ2) is 9.24. The Hall–Kier alpha value is -3.55. The molecule has 2 aromatic rings. The first kappa shape index (κ1) is 24.6. The lowest BCUT2D eigenvalue weighted by Crippen LogP contribution is -2.54. The molecule has 4 rings (SSSR count). The number of carbonyl (C=O) groups excluding carboxylic acids is 3. The first-order chi connectivity index (χ1) is 16.6. The molecule has 186 valence electrons. The van der Waals surface area contributed by atoms with Crippen LogP contribution in [0.1, 0.15) is 40.0 Å². The summed E-state index contributed by atoms with van der Waals surface area (Å²) >= 11 is 0. The summed E-state index contributed by atoms with van der Waals surface area (Å²) in [5, 5.41) is 5.73. The molecule has 4 amide bonds. The Bertz CT molecular complexity index is 1140. The van der Waals surface area contributed by atoms with Gasteiger partial charge in [0.1, 0.15) is 23.6 Å². The van der Waals surface area contributed by atoms with Gasteiger partial charge in [-0.2, -0.15) is 0 Å². The van der Waals surface area contributed by atoms with Gasteiger partial charge in [0.2, 0.25) is 5.91 Å². The average molecular weight is 480 g/mol. The number of nitrogens with one attached hydrogen (secondary N) is 2. The summed E-state index contributed by atoms with van der Waals surface area (Å²) < 4.78 is 10.7. The van der Waals surface area contributed by atoms with Gasteiger partial charge < -0.3 is 20.1 Å². The van der Waals surface area contributed by atoms with E-state index < -0.39 is 17.5 Å². The number of amides is 4. The molecule has 8 heteroatoms. The van der Waals surface area contributed by atoms with Crippen molar-refractivity contribution in [3.63, 3.8) is 0 Å². The van der Waals surface area contributed by atoms with E-state index in [9.17, 15) is 14.4 Å². The molecule has 1 spiro atoms. The zero-order valence-corrected chi connectivity index (χ0v) is 20.9. The lowest BCUT2D eigenvalue weighted by molar-refractivity contribution is -0.136. The molecule has 1 saturated carbocycles. The van der Waals surface area contributed by atoms with Gasteiger partial charge in [-0.25, -0.2) is 4.79 Å². The summed E-state index contributed by atoms with van der Waals surface area (Å²) in [5.74, 6) is 0.926. The second-order valence-corrected chi connectivity index (χ2v) is 10.4. The Kier molecular flexibility index (Phi) is 6.49. The van der Waals surface area contributed by atoms with Crippen LogP contribution in [0.15, 0.2) is 42.5 Å². The van der Waals surface area contributed by atoms with Gasteiger partial charge in [0.05, 0.1) is 14.2 Å². The molecule has 1 saturated heterocycles. The molecule has 2 fully saturated rings. The van der Waals surface area contributed by atoms with Gasteiger partial charge in [-0.3, -0.25) is 14.5 Å². The molecule has 2 N–H and O–H groups in total. The second-order valence-electron chi connectivity index (χ2n) is 10.4. The molecule has 0 bridgehead atoms. The van der Waals surface area contributed by atoms with E-state index in [0.29, 0.717) is 30.2 Å². The molecule has 1 aliphatic carbocycles. The molecule has 0 radical (unpaired) electrons. The number of benzene rings is 2. The van der Waals surface area contributed by atoms with Gasteiger partial charge in [0.15, 0.2) is 0 Å². The Balaban J connectivity index is 1.49. The molecule has 0 aromatic heterocycles. The van der Waals surface area contributed by atoms with Crippen LogP contribution >= 0.6 is 0 Å². The fourth-order valence-corrected chi connectivity index (χ4v) is 5.78. The highest BCUT2D eigenvalue weighted by Gasteiger charge is 2.56. The van der Waals surface area contributed by atoms with Crippen molar-refractivity contribution in [2.75, 3.05) is 26.1 Å². The lowest BCUT2D eigenvalue weighted by Gasteiger charge is -2.43. The molecule has 1 heterocycles.